The topological polar surface area (TPSA) is 15.6 Å². The van der Waals surface area contributed by atoms with Crippen LogP contribution in [-0.2, 0) is 0 Å². The van der Waals surface area contributed by atoms with Crippen LogP contribution in [0.3, 0.4) is 0 Å². The Labute approximate surface area is 67.9 Å². The summed E-state index contributed by atoms with van der Waals surface area (Å²) in [4.78, 5) is 6.36. The van der Waals surface area contributed by atoms with Crippen LogP contribution in [-0.4, -0.2) is 24.7 Å². The fraction of sp³-hybridized carbons (Fsp3) is 0.444. The van der Waals surface area contributed by atoms with Crippen molar-refractivity contribution in [3.05, 3.63) is 23.5 Å². The molecule has 0 fully saturated rings. The second kappa shape index (κ2) is 3.37. The highest BCUT2D eigenvalue weighted by Crippen LogP contribution is 2.15. The van der Waals surface area contributed by atoms with Crippen molar-refractivity contribution in [3.8, 4) is 0 Å². The summed E-state index contributed by atoms with van der Waals surface area (Å²) in [7, 11) is 2.05. The average Bonchev–Trinajstić information content (AvgIpc) is 1.98. The van der Waals surface area contributed by atoms with Crippen LogP contribution in [0.1, 0.15) is 13.8 Å². The molecule has 1 aliphatic rings. The average molecular weight is 150 g/mol. The number of likely N-dealkylation sites (N-methyl/N-ethyl adjacent to an activating group) is 1. The van der Waals surface area contributed by atoms with Crippen molar-refractivity contribution >= 4 is 6.21 Å². The number of allylic oxidation sites excluding steroid dienone is 1. The fourth-order valence-electron chi connectivity index (χ4n) is 1.02. The monoisotopic (exact) mass is 150 g/mol. The first-order valence-corrected chi connectivity index (χ1v) is 3.82. The summed E-state index contributed by atoms with van der Waals surface area (Å²) in [5, 5.41) is 0. The van der Waals surface area contributed by atoms with Crippen LogP contribution in [0.5, 0.6) is 0 Å². The van der Waals surface area contributed by atoms with Crippen molar-refractivity contribution in [1.82, 2.24) is 4.90 Å². The molecule has 1 aliphatic heterocycles. The highest BCUT2D eigenvalue weighted by molar-refractivity contribution is 5.57. The molecule has 2 nitrogen and oxygen atoms in total. The highest BCUT2D eigenvalue weighted by atomic mass is 15.1. The molecule has 0 bridgehead atoms. The van der Waals surface area contributed by atoms with E-state index >= 15 is 0 Å². The number of rotatable bonds is 1. The van der Waals surface area contributed by atoms with Crippen LogP contribution in [0.15, 0.2) is 28.5 Å². The number of aliphatic imine (C=N–C) groups is 1. The van der Waals surface area contributed by atoms with Gasteiger partial charge in [0.15, 0.2) is 0 Å². The number of hydrogen-bond donors (Lipinski definition) is 0. The van der Waals surface area contributed by atoms with E-state index in [0.717, 1.165) is 12.2 Å². The van der Waals surface area contributed by atoms with Gasteiger partial charge in [-0.1, -0.05) is 6.08 Å². The van der Waals surface area contributed by atoms with Crippen molar-refractivity contribution in [2.75, 3.05) is 13.6 Å². The Hall–Kier alpha value is -1.05. The van der Waals surface area contributed by atoms with Crippen LogP contribution in [0, 0.1) is 0 Å². The predicted octanol–water partition coefficient (Wildman–Crippen LogP) is 1.81. The van der Waals surface area contributed by atoms with Crippen molar-refractivity contribution in [2.24, 2.45) is 4.99 Å². The van der Waals surface area contributed by atoms with Gasteiger partial charge in [-0.25, -0.2) is 0 Å². The zero-order valence-electron chi connectivity index (χ0n) is 7.33. The maximum atomic E-state index is 4.24. The molecule has 0 saturated carbocycles. The molecular weight excluding hydrogens is 136 g/mol. The van der Waals surface area contributed by atoms with E-state index < -0.39 is 0 Å². The zero-order chi connectivity index (χ0) is 8.27. The molecule has 1 heterocycles. The Balaban J connectivity index is 2.81. The van der Waals surface area contributed by atoms with Crippen LogP contribution < -0.4 is 0 Å². The molecule has 0 atom stereocenters. The summed E-state index contributed by atoms with van der Waals surface area (Å²) >= 11 is 0. The third-order valence-corrected chi connectivity index (χ3v) is 1.70. The number of hydrogen-bond acceptors (Lipinski definition) is 2. The van der Waals surface area contributed by atoms with Gasteiger partial charge in [-0.15, -0.1) is 0 Å². The first-order chi connectivity index (χ1) is 5.24. The normalized spacial score (nSPS) is 18.6. The van der Waals surface area contributed by atoms with Crippen molar-refractivity contribution < 1.29 is 0 Å². The molecule has 1 rings (SSSR count). The standard InChI is InChI=1S/C9H14N2/c1-4-10-9-7-11(3)6-5-8(9)2/h4-5,7H,6H2,1-3H3/b10-4-. The largest absolute Gasteiger partial charge is 0.375 e. The lowest BCUT2D eigenvalue weighted by Gasteiger charge is -2.18. The molecule has 0 amide bonds. The first-order valence-electron chi connectivity index (χ1n) is 3.82. The van der Waals surface area contributed by atoms with E-state index in [0.29, 0.717) is 0 Å². The van der Waals surface area contributed by atoms with Gasteiger partial charge in [0, 0.05) is 26.0 Å². The third kappa shape index (κ3) is 1.93. The Bertz CT molecular complexity index is 224. The zero-order valence-corrected chi connectivity index (χ0v) is 7.33. The van der Waals surface area contributed by atoms with E-state index in [-0.39, 0.29) is 0 Å². The third-order valence-electron chi connectivity index (χ3n) is 1.70. The van der Waals surface area contributed by atoms with Gasteiger partial charge in [-0.3, -0.25) is 4.99 Å². The van der Waals surface area contributed by atoms with E-state index in [1.165, 1.54) is 5.57 Å². The SMILES string of the molecule is C/C=N\C1=CN(C)CC=C1C. The molecule has 0 aromatic rings. The van der Waals surface area contributed by atoms with Crippen molar-refractivity contribution in [2.45, 2.75) is 13.8 Å². The Morgan fingerprint density at radius 1 is 1.64 bits per heavy atom. The molecule has 0 saturated heterocycles. The molecule has 2 heteroatoms. The maximum absolute atomic E-state index is 4.24. The predicted molar refractivity (Wildman–Crippen MR) is 48.6 cm³/mol. The van der Waals surface area contributed by atoms with Crippen LogP contribution in [0.25, 0.3) is 0 Å². The smallest absolute Gasteiger partial charge is 0.0810 e. The van der Waals surface area contributed by atoms with Crippen LogP contribution >= 0.6 is 0 Å². The van der Waals surface area contributed by atoms with Crippen molar-refractivity contribution in [1.29, 1.82) is 0 Å². The molecule has 0 unspecified atom stereocenters. The van der Waals surface area contributed by atoms with Gasteiger partial charge in [0.05, 0.1) is 5.70 Å². The molecule has 0 aromatic heterocycles. The summed E-state index contributed by atoms with van der Waals surface area (Å²) < 4.78 is 0. The molecule has 0 aliphatic carbocycles. The first kappa shape index (κ1) is 8.05. The second-order valence-electron chi connectivity index (χ2n) is 2.73. The summed E-state index contributed by atoms with van der Waals surface area (Å²) in [5.74, 6) is 0. The maximum Gasteiger partial charge on any atom is 0.0810 e. The Kier molecular flexibility index (Phi) is 2.47. The van der Waals surface area contributed by atoms with Gasteiger partial charge >= 0.3 is 0 Å². The molecule has 0 aromatic carbocycles. The molecule has 0 spiro atoms. The number of nitrogens with zero attached hydrogens (tertiary/aromatic N) is 2. The van der Waals surface area contributed by atoms with Crippen molar-refractivity contribution in [3.63, 3.8) is 0 Å². The fourth-order valence-corrected chi connectivity index (χ4v) is 1.02. The van der Waals surface area contributed by atoms with Gasteiger partial charge in [-0.2, -0.15) is 0 Å². The van der Waals surface area contributed by atoms with Crippen LogP contribution in [0.2, 0.25) is 0 Å². The van der Waals surface area contributed by atoms with E-state index in [9.17, 15) is 0 Å². The quantitative estimate of drug-likeness (QED) is 0.520. The Morgan fingerprint density at radius 2 is 2.36 bits per heavy atom. The summed E-state index contributed by atoms with van der Waals surface area (Å²) in [5.41, 5.74) is 2.34. The minimum Gasteiger partial charge on any atom is -0.375 e. The molecule has 0 N–H and O–H groups in total. The lowest BCUT2D eigenvalue weighted by molar-refractivity contribution is 0.496. The molecule has 60 valence electrons. The second-order valence-corrected chi connectivity index (χ2v) is 2.73. The van der Waals surface area contributed by atoms with Gasteiger partial charge in [0.25, 0.3) is 0 Å². The van der Waals surface area contributed by atoms with Gasteiger partial charge < -0.3 is 4.90 Å². The van der Waals surface area contributed by atoms with Gasteiger partial charge in [0.2, 0.25) is 0 Å². The lowest BCUT2D eigenvalue weighted by atomic mass is 10.2. The molecule has 11 heavy (non-hydrogen) atoms. The molecular formula is C9H14N2. The van der Waals surface area contributed by atoms with Gasteiger partial charge in [-0.05, 0) is 19.4 Å². The van der Waals surface area contributed by atoms with Gasteiger partial charge in [0.1, 0.15) is 0 Å². The van der Waals surface area contributed by atoms with E-state index in [2.05, 4.69) is 29.1 Å². The minimum absolute atomic E-state index is 0.995. The molecule has 0 radical (unpaired) electrons. The van der Waals surface area contributed by atoms with E-state index in [1.54, 1.807) is 0 Å². The summed E-state index contributed by atoms with van der Waals surface area (Å²) in [6.45, 7) is 5.02. The summed E-state index contributed by atoms with van der Waals surface area (Å²) in [6.07, 6.45) is 6.07. The minimum atomic E-state index is 0.995. The lowest BCUT2D eigenvalue weighted by Crippen LogP contribution is -2.15. The van der Waals surface area contributed by atoms with Crippen LogP contribution in [0.4, 0.5) is 0 Å². The van der Waals surface area contributed by atoms with E-state index in [4.69, 9.17) is 0 Å². The summed E-state index contributed by atoms with van der Waals surface area (Å²) in [6, 6.07) is 0. The Morgan fingerprint density at radius 3 is 3.00 bits per heavy atom. The highest BCUT2D eigenvalue weighted by Gasteiger charge is 2.04. The van der Waals surface area contributed by atoms with E-state index in [1.807, 2.05) is 20.2 Å².